The summed E-state index contributed by atoms with van der Waals surface area (Å²) in [5.41, 5.74) is 0. The van der Waals surface area contributed by atoms with Crippen LogP contribution in [0.15, 0.2) is 0 Å². The van der Waals surface area contributed by atoms with Crippen molar-refractivity contribution in [1.29, 1.82) is 0 Å². The summed E-state index contributed by atoms with van der Waals surface area (Å²) < 4.78 is 10.9. The molecule has 0 aromatic heterocycles. The molecule has 4 unspecified atom stereocenters. The van der Waals surface area contributed by atoms with Gasteiger partial charge in [-0.1, -0.05) is 20.3 Å². The Kier molecular flexibility index (Phi) is 6.41. The Balaban J connectivity index is 2.59. The van der Waals surface area contributed by atoms with E-state index in [0.29, 0.717) is 0 Å². The lowest BCUT2D eigenvalue weighted by Crippen LogP contribution is -2.42. The molecule has 0 aromatic rings. The Morgan fingerprint density at radius 3 is 2.06 bits per heavy atom. The summed E-state index contributed by atoms with van der Waals surface area (Å²) >= 11 is 0. The van der Waals surface area contributed by atoms with E-state index in [2.05, 4.69) is 18.7 Å². The molecular weight excluding hydrogens is 218 g/mol. The molecule has 0 saturated carbocycles. The molecule has 102 valence electrons. The lowest BCUT2D eigenvalue weighted by Gasteiger charge is -2.30. The van der Waals surface area contributed by atoms with E-state index in [-0.39, 0.29) is 24.4 Å². The lowest BCUT2D eigenvalue weighted by molar-refractivity contribution is -0.00461. The maximum absolute atomic E-state index is 10.2. The van der Waals surface area contributed by atoms with Crippen LogP contribution in [0.1, 0.15) is 33.1 Å². The third kappa shape index (κ3) is 3.65. The summed E-state index contributed by atoms with van der Waals surface area (Å²) in [5, 5.41) is 10.2. The van der Waals surface area contributed by atoms with Crippen molar-refractivity contribution in [2.45, 2.75) is 57.5 Å². The van der Waals surface area contributed by atoms with Crippen LogP contribution < -0.4 is 0 Å². The minimum absolute atomic E-state index is 0.128. The van der Waals surface area contributed by atoms with Gasteiger partial charge in [0.15, 0.2) is 0 Å². The van der Waals surface area contributed by atoms with Gasteiger partial charge in [-0.25, -0.2) is 0 Å². The molecule has 1 fully saturated rings. The van der Waals surface area contributed by atoms with Gasteiger partial charge in [-0.15, -0.1) is 0 Å². The number of hydrogen-bond acceptors (Lipinski definition) is 4. The molecule has 0 bridgehead atoms. The average Bonchev–Trinajstić information content (AvgIpc) is 2.73. The van der Waals surface area contributed by atoms with Crippen molar-refractivity contribution in [3.8, 4) is 0 Å². The maximum atomic E-state index is 10.2. The van der Waals surface area contributed by atoms with Gasteiger partial charge < -0.3 is 14.6 Å². The van der Waals surface area contributed by atoms with Crippen LogP contribution in [0.5, 0.6) is 0 Å². The SMILES string of the molecule is CCCC(O)C(CC)N1CC(OC)C(OC)C1. The molecule has 1 N–H and O–H groups in total. The molecule has 0 radical (unpaired) electrons. The van der Waals surface area contributed by atoms with Crippen LogP contribution in [-0.4, -0.2) is 61.7 Å². The second-order valence-electron chi connectivity index (χ2n) is 4.83. The van der Waals surface area contributed by atoms with E-state index < -0.39 is 0 Å². The summed E-state index contributed by atoms with van der Waals surface area (Å²) in [5.74, 6) is 0. The average molecular weight is 245 g/mol. The maximum Gasteiger partial charge on any atom is 0.0971 e. The highest BCUT2D eigenvalue weighted by Crippen LogP contribution is 2.22. The Labute approximate surface area is 105 Å². The van der Waals surface area contributed by atoms with Crippen LogP contribution in [0, 0.1) is 0 Å². The zero-order chi connectivity index (χ0) is 12.8. The monoisotopic (exact) mass is 245 g/mol. The zero-order valence-corrected chi connectivity index (χ0v) is 11.6. The summed E-state index contributed by atoms with van der Waals surface area (Å²) in [6.45, 7) is 5.95. The van der Waals surface area contributed by atoms with Crippen LogP contribution in [0.25, 0.3) is 0 Å². The third-order valence-electron chi connectivity index (χ3n) is 3.76. The molecule has 4 nitrogen and oxygen atoms in total. The van der Waals surface area contributed by atoms with Crippen molar-refractivity contribution in [3.05, 3.63) is 0 Å². The number of nitrogens with zero attached hydrogens (tertiary/aromatic N) is 1. The van der Waals surface area contributed by atoms with E-state index in [1.165, 1.54) is 0 Å². The van der Waals surface area contributed by atoms with Gasteiger partial charge in [0.1, 0.15) is 0 Å². The van der Waals surface area contributed by atoms with Gasteiger partial charge in [-0.3, -0.25) is 4.90 Å². The number of likely N-dealkylation sites (tertiary alicyclic amines) is 1. The molecule has 0 spiro atoms. The van der Waals surface area contributed by atoms with Gasteiger partial charge in [0.25, 0.3) is 0 Å². The zero-order valence-electron chi connectivity index (χ0n) is 11.6. The number of methoxy groups -OCH3 is 2. The van der Waals surface area contributed by atoms with Gasteiger partial charge in [-0.05, 0) is 12.8 Å². The standard InChI is InChI=1S/C13H27NO3/c1-5-7-11(15)10(6-2)14-8-12(16-3)13(9-14)17-4/h10-13,15H,5-9H2,1-4H3. The van der Waals surface area contributed by atoms with Gasteiger partial charge in [-0.2, -0.15) is 0 Å². The van der Waals surface area contributed by atoms with Crippen molar-refractivity contribution >= 4 is 0 Å². The number of rotatable bonds is 7. The molecule has 0 aromatic carbocycles. The van der Waals surface area contributed by atoms with Crippen LogP contribution >= 0.6 is 0 Å². The molecule has 1 aliphatic heterocycles. The van der Waals surface area contributed by atoms with Crippen molar-refractivity contribution in [2.75, 3.05) is 27.3 Å². The summed E-state index contributed by atoms with van der Waals surface area (Å²) in [6.07, 6.45) is 2.87. The lowest BCUT2D eigenvalue weighted by atomic mass is 10.0. The Morgan fingerprint density at radius 1 is 1.18 bits per heavy atom. The van der Waals surface area contributed by atoms with Crippen LogP contribution in [0.2, 0.25) is 0 Å². The molecule has 1 heterocycles. The third-order valence-corrected chi connectivity index (χ3v) is 3.76. The molecule has 1 saturated heterocycles. The number of hydrogen-bond donors (Lipinski definition) is 1. The minimum atomic E-state index is -0.238. The van der Waals surface area contributed by atoms with E-state index in [9.17, 15) is 5.11 Å². The second-order valence-corrected chi connectivity index (χ2v) is 4.83. The highest BCUT2D eigenvalue weighted by Gasteiger charge is 2.37. The fourth-order valence-electron chi connectivity index (χ4n) is 2.76. The predicted octanol–water partition coefficient (Wildman–Crippen LogP) is 1.27. The smallest absolute Gasteiger partial charge is 0.0971 e. The molecule has 4 heteroatoms. The molecule has 1 rings (SSSR count). The molecular formula is C13H27NO3. The molecule has 0 aliphatic carbocycles. The summed E-state index contributed by atoms with van der Waals surface area (Å²) in [7, 11) is 3.45. The predicted molar refractivity (Wildman–Crippen MR) is 68.2 cm³/mol. The van der Waals surface area contributed by atoms with E-state index in [0.717, 1.165) is 32.4 Å². The van der Waals surface area contributed by atoms with Gasteiger partial charge in [0.2, 0.25) is 0 Å². The number of ether oxygens (including phenoxy) is 2. The highest BCUT2D eigenvalue weighted by atomic mass is 16.5. The van der Waals surface area contributed by atoms with E-state index >= 15 is 0 Å². The Morgan fingerprint density at radius 2 is 1.71 bits per heavy atom. The van der Waals surface area contributed by atoms with Gasteiger partial charge in [0.05, 0.1) is 18.3 Å². The van der Waals surface area contributed by atoms with Gasteiger partial charge >= 0.3 is 0 Å². The quantitative estimate of drug-likeness (QED) is 0.733. The summed E-state index contributed by atoms with van der Waals surface area (Å²) in [6, 6.07) is 0.229. The molecule has 4 atom stereocenters. The van der Waals surface area contributed by atoms with Crippen LogP contribution in [-0.2, 0) is 9.47 Å². The fraction of sp³-hybridized carbons (Fsp3) is 1.00. The van der Waals surface area contributed by atoms with Crippen molar-refractivity contribution in [3.63, 3.8) is 0 Å². The first-order valence-electron chi connectivity index (χ1n) is 6.65. The van der Waals surface area contributed by atoms with Crippen molar-refractivity contribution < 1.29 is 14.6 Å². The Hall–Kier alpha value is -0.160. The van der Waals surface area contributed by atoms with Crippen LogP contribution in [0.3, 0.4) is 0 Å². The minimum Gasteiger partial charge on any atom is -0.391 e. The topological polar surface area (TPSA) is 41.9 Å². The van der Waals surface area contributed by atoms with Crippen molar-refractivity contribution in [2.24, 2.45) is 0 Å². The fourth-order valence-corrected chi connectivity index (χ4v) is 2.76. The second kappa shape index (κ2) is 7.31. The van der Waals surface area contributed by atoms with Crippen molar-refractivity contribution in [1.82, 2.24) is 4.90 Å². The first-order valence-corrected chi connectivity index (χ1v) is 6.65. The van der Waals surface area contributed by atoms with Gasteiger partial charge in [0, 0.05) is 33.4 Å². The molecule has 0 amide bonds. The first kappa shape index (κ1) is 14.9. The largest absolute Gasteiger partial charge is 0.391 e. The molecule has 1 aliphatic rings. The Bertz CT molecular complexity index is 201. The van der Waals surface area contributed by atoms with E-state index in [1.54, 1.807) is 14.2 Å². The van der Waals surface area contributed by atoms with E-state index in [1.807, 2.05) is 0 Å². The number of aliphatic hydroxyl groups excluding tert-OH is 1. The summed E-state index contributed by atoms with van der Waals surface area (Å²) in [4.78, 5) is 2.31. The first-order chi connectivity index (χ1) is 8.17. The highest BCUT2D eigenvalue weighted by molar-refractivity contribution is 4.91. The van der Waals surface area contributed by atoms with Crippen LogP contribution in [0.4, 0.5) is 0 Å². The normalized spacial score (nSPS) is 29.5. The molecule has 17 heavy (non-hydrogen) atoms. The number of aliphatic hydroxyl groups is 1. The van der Waals surface area contributed by atoms with E-state index in [4.69, 9.17) is 9.47 Å².